The van der Waals surface area contributed by atoms with Gasteiger partial charge in [-0.25, -0.2) is 4.98 Å². The molecule has 0 bridgehead atoms. The zero-order valence-corrected chi connectivity index (χ0v) is 26.5. The van der Waals surface area contributed by atoms with Gasteiger partial charge in [0.25, 0.3) is 5.56 Å². The van der Waals surface area contributed by atoms with E-state index < -0.39 is 0 Å². The van der Waals surface area contributed by atoms with Gasteiger partial charge in [-0.15, -0.1) is 0 Å². The van der Waals surface area contributed by atoms with Crippen molar-refractivity contribution in [2.45, 2.75) is 40.2 Å². The summed E-state index contributed by atoms with van der Waals surface area (Å²) in [6.07, 6.45) is 1.70. The van der Waals surface area contributed by atoms with Crippen molar-refractivity contribution in [2.24, 2.45) is 5.10 Å². The Kier molecular flexibility index (Phi) is 8.67. The van der Waals surface area contributed by atoms with Gasteiger partial charge in [0.1, 0.15) is 18.1 Å². The van der Waals surface area contributed by atoms with Gasteiger partial charge in [0.15, 0.2) is 5.82 Å². The van der Waals surface area contributed by atoms with Crippen LogP contribution in [0.15, 0.2) is 107 Å². The number of aromatic nitrogens is 2. The normalized spacial score (nSPS) is 11.6. The number of nitrogens with zero attached hydrogens (tertiary/aromatic N) is 3. The van der Waals surface area contributed by atoms with Gasteiger partial charge in [0, 0.05) is 16.1 Å². The first-order chi connectivity index (χ1) is 21.8. The fourth-order valence-electron chi connectivity index (χ4n) is 5.47. The van der Waals surface area contributed by atoms with Gasteiger partial charge in [-0.1, -0.05) is 80.0 Å². The number of ether oxygens (including phenoxy) is 2. The molecule has 6 nitrogen and oxygen atoms in total. The Morgan fingerprint density at radius 2 is 1.62 bits per heavy atom. The molecule has 6 rings (SSSR count). The molecular weight excluding hydrogens is 582 g/mol. The molecule has 0 saturated heterocycles. The standard InChI is InChI=1S/C38H34ClN3O3/c1-5-44-36-20-25(4)32(21-31(36)24(2)3)37-41-34-13-9-8-12-30(34)38(43)42(37)40-22-33-29-11-7-6-10-27(29)16-19-35(33)45-23-26-14-17-28(39)18-15-26/h6-22,24H,5,23H2,1-4H3. The lowest BCUT2D eigenvalue weighted by atomic mass is 9.96. The first-order valence-electron chi connectivity index (χ1n) is 15.1. The molecule has 1 aromatic heterocycles. The van der Waals surface area contributed by atoms with E-state index in [-0.39, 0.29) is 11.5 Å². The Balaban J connectivity index is 1.52. The number of hydrogen-bond acceptors (Lipinski definition) is 5. The van der Waals surface area contributed by atoms with Crippen LogP contribution in [0.3, 0.4) is 0 Å². The Morgan fingerprint density at radius 3 is 2.38 bits per heavy atom. The van der Waals surface area contributed by atoms with Gasteiger partial charge in [0.2, 0.25) is 0 Å². The van der Waals surface area contributed by atoms with Crippen molar-refractivity contribution in [3.8, 4) is 22.9 Å². The predicted molar refractivity (Wildman–Crippen MR) is 184 cm³/mol. The van der Waals surface area contributed by atoms with Crippen molar-refractivity contribution < 1.29 is 9.47 Å². The molecule has 0 spiro atoms. The van der Waals surface area contributed by atoms with Crippen LogP contribution in [0.25, 0.3) is 33.1 Å². The summed E-state index contributed by atoms with van der Waals surface area (Å²) in [5, 5.41) is 7.99. The molecular formula is C38H34ClN3O3. The molecule has 6 aromatic rings. The lowest BCUT2D eigenvalue weighted by Gasteiger charge is -2.18. The van der Waals surface area contributed by atoms with E-state index >= 15 is 0 Å². The number of fused-ring (bicyclic) bond motifs is 2. The number of para-hydroxylation sites is 1. The highest BCUT2D eigenvalue weighted by Crippen LogP contribution is 2.34. The van der Waals surface area contributed by atoms with Crippen molar-refractivity contribution >= 4 is 39.5 Å². The minimum absolute atomic E-state index is 0.200. The fraction of sp³-hybridized carbons (Fsp3) is 0.184. The van der Waals surface area contributed by atoms with Gasteiger partial charge >= 0.3 is 0 Å². The molecule has 45 heavy (non-hydrogen) atoms. The summed E-state index contributed by atoms with van der Waals surface area (Å²) in [7, 11) is 0. The molecule has 0 aliphatic rings. The maximum atomic E-state index is 14.1. The third kappa shape index (κ3) is 6.19. The molecule has 226 valence electrons. The van der Waals surface area contributed by atoms with Crippen LogP contribution in [0.5, 0.6) is 11.5 Å². The van der Waals surface area contributed by atoms with Crippen LogP contribution in [0.4, 0.5) is 0 Å². The molecule has 0 unspecified atom stereocenters. The molecule has 7 heteroatoms. The molecule has 0 atom stereocenters. The van der Waals surface area contributed by atoms with E-state index in [0.717, 1.165) is 44.3 Å². The minimum atomic E-state index is -0.255. The van der Waals surface area contributed by atoms with E-state index in [1.54, 1.807) is 12.3 Å². The second kappa shape index (κ2) is 13.0. The van der Waals surface area contributed by atoms with Crippen LogP contribution in [0, 0.1) is 6.92 Å². The zero-order valence-electron chi connectivity index (χ0n) is 25.8. The summed E-state index contributed by atoms with van der Waals surface area (Å²) in [5.41, 5.74) is 4.90. The quantitative estimate of drug-likeness (QED) is 0.152. The van der Waals surface area contributed by atoms with Crippen LogP contribution in [-0.2, 0) is 6.61 Å². The van der Waals surface area contributed by atoms with Gasteiger partial charge < -0.3 is 9.47 Å². The Bertz CT molecular complexity index is 2100. The number of hydrogen-bond donors (Lipinski definition) is 0. The second-order valence-corrected chi connectivity index (χ2v) is 11.7. The number of aryl methyl sites for hydroxylation is 1. The summed E-state index contributed by atoms with van der Waals surface area (Å²) < 4.78 is 13.7. The first-order valence-corrected chi connectivity index (χ1v) is 15.4. The van der Waals surface area contributed by atoms with E-state index in [1.807, 2.05) is 98.8 Å². The van der Waals surface area contributed by atoms with Gasteiger partial charge in [-0.05, 0) is 89.7 Å². The lowest BCUT2D eigenvalue weighted by Crippen LogP contribution is -2.21. The van der Waals surface area contributed by atoms with E-state index in [9.17, 15) is 4.79 Å². The van der Waals surface area contributed by atoms with Crippen molar-refractivity contribution in [3.05, 3.63) is 135 Å². The maximum Gasteiger partial charge on any atom is 0.282 e. The largest absolute Gasteiger partial charge is 0.494 e. The van der Waals surface area contributed by atoms with Gasteiger partial charge in [0.05, 0.1) is 23.7 Å². The summed E-state index contributed by atoms with van der Waals surface area (Å²) >= 11 is 6.08. The molecule has 0 N–H and O–H groups in total. The summed E-state index contributed by atoms with van der Waals surface area (Å²) in [6.45, 7) is 9.15. The third-order valence-electron chi connectivity index (χ3n) is 7.81. The van der Waals surface area contributed by atoms with Crippen molar-refractivity contribution in [1.82, 2.24) is 9.66 Å². The van der Waals surface area contributed by atoms with E-state index in [1.165, 1.54) is 4.68 Å². The van der Waals surface area contributed by atoms with Crippen molar-refractivity contribution in [2.75, 3.05) is 6.61 Å². The Morgan fingerprint density at radius 1 is 0.889 bits per heavy atom. The van der Waals surface area contributed by atoms with E-state index in [2.05, 4.69) is 19.9 Å². The number of benzene rings is 5. The second-order valence-electron chi connectivity index (χ2n) is 11.2. The molecule has 0 saturated carbocycles. The molecule has 0 radical (unpaired) electrons. The van der Waals surface area contributed by atoms with Crippen molar-refractivity contribution in [3.63, 3.8) is 0 Å². The molecule has 0 amide bonds. The van der Waals surface area contributed by atoms with Crippen LogP contribution in [0.1, 0.15) is 48.9 Å². The predicted octanol–water partition coefficient (Wildman–Crippen LogP) is 9.16. The highest BCUT2D eigenvalue weighted by Gasteiger charge is 2.19. The summed E-state index contributed by atoms with van der Waals surface area (Å²) in [4.78, 5) is 19.1. The summed E-state index contributed by atoms with van der Waals surface area (Å²) in [5.74, 6) is 2.15. The monoisotopic (exact) mass is 615 g/mol. The van der Waals surface area contributed by atoms with Crippen LogP contribution >= 0.6 is 11.6 Å². The number of rotatable bonds is 9. The average molecular weight is 616 g/mol. The van der Waals surface area contributed by atoms with Crippen molar-refractivity contribution in [1.29, 1.82) is 0 Å². The topological polar surface area (TPSA) is 65.7 Å². The highest BCUT2D eigenvalue weighted by atomic mass is 35.5. The average Bonchev–Trinajstić information content (AvgIpc) is 3.04. The molecule has 0 fully saturated rings. The Hall–Kier alpha value is -4.94. The van der Waals surface area contributed by atoms with Crippen LogP contribution in [-0.4, -0.2) is 22.5 Å². The third-order valence-corrected chi connectivity index (χ3v) is 8.07. The molecule has 1 heterocycles. The molecule has 5 aromatic carbocycles. The maximum absolute atomic E-state index is 14.1. The van der Waals surface area contributed by atoms with Gasteiger partial charge in [-0.2, -0.15) is 9.78 Å². The Labute approximate surface area is 267 Å². The van der Waals surface area contributed by atoms with Crippen LogP contribution in [0.2, 0.25) is 5.02 Å². The highest BCUT2D eigenvalue weighted by molar-refractivity contribution is 6.30. The van der Waals surface area contributed by atoms with E-state index in [4.69, 9.17) is 31.2 Å². The first kappa shape index (κ1) is 30.1. The smallest absolute Gasteiger partial charge is 0.282 e. The number of halogens is 1. The van der Waals surface area contributed by atoms with E-state index in [0.29, 0.717) is 40.7 Å². The van der Waals surface area contributed by atoms with Gasteiger partial charge in [-0.3, -0.25) is 4.79 Å². The molecule has 0 aliphatic heterocycles. The fourth-order valence-corrected chi connectivity index (χ4v) is 5.59. The lowest BCUT2D eigenvalue weighted by molar-refractivity contribution is 0.306. The SMILES string of the molecule is CCOc1cc(C)c(-c2nc3ccccc3c(=O)n2N=Cc2c(OCc3ccc(Cl)cc3)ccc3ccccc23)cc1C(C)C. The molecule has 0 aliphatic carbocycles. The zero-order chi connectivity index (χ0) is 31.5. The minimum Gasteiger partial charge on any atom is -0.494 e. The van der Waals surface area contributed by atoms with Crippen LogP contribution < -0.4 is 15.0 Å². The summed E-state index contributed by atoms with van der Waals surface area (Å²) in [6, 6.07) is 31.0.